The monoisotopic (exact) mass is 416 g/mol. The van der Waals surface area contributed by atoms with Gasteiger partial charge in [-0.1, -0.05) is 48.5 Å². The summed E-state index contributed by atoms with van der Waals surface area (Å²) in [6, 6.07) is 14.3. The predicted molar refractivity (Wildman–Crippen MR) is 107 cm³/mol. The quantitative estimate of drug-likeness (QED) is 0.638. The zero-order valence-corrected chi connectivity index (χ0v) is 16.7. The number of amides is 1. The summed E-state index contributed by atoms with van der Waals surface area (Å²) in [6.45, 7) is -0.0541. The largest absolute Gasteiger partial charge is 0.416 e. The van der Waals surface area contributed by atoms with Crippen LogP contribution in [0.3, 0.4) is 0 Å². The zero-order valence-electron chi connectivity index (χ0n) is 16.7. The van der Waals surface area contributed by atoms with Gasteiger partial charge in [0, 0.05) is 26.0 Å². The van der Waals surface area contributed by atoms with Crippen LogP contribution in [-0.2, 0) is 24.6 Å². The lowest BCUT2D eigenvalue weighted by Crippen LogP contribution is -2.38. The van der Waals surface area contributed by atoms with Crippen molar-refractivity contribution in [3.05, 3.63) is 89.5 Å². The number of rotatable bonds is 7. The number of halogens is 3. The van der Waals surface area contributed by atoms with E-state index in [0.29, 0.717) is 5.82 Å². The Morgan fingerprint density at radius 3 is 2.43 bits per heavy atom. The molecule has 0 saturated carbocycles. The van der Waals surface area contributed by atoms with Crippen molar-refractivity contribution in [2.45, 2.75) is 18.8 Å². The third-order valence-corrected chi connectivity index (χ3v) is 4.73. The van der Waals surface area contributed by atoms with E-state index < -0.39 is 17.8 Å². The number of carbonyl (C=O) groups is 1. The van der Waals surface area contributed by atoms with Gasteiger partial charge in [0.15, 0.2) is 0 Å². The van der Waals surface area contributed by atoms with Crippen molar-refractivity contribution in [3.8, 4) is 0 Å². The van der Waals surface area contributed by atoms with Crippen molar-refractivity contribution >= 4 is 5.91 Å². The predicted octanol–water partition coefficient (Wildman–Crippen LogP) is 3.78. The molecule has 0 spiro atoms. The molecule has 0 saturated heterocycles. The van der Waals surface area contributed by atoms with E-state index in [1.807, 2.05) is 41.9 Å². The fourth-order valence-electron chi connectivity index (χ4n) is 3.33. The van der Waals surface area contributed by atoms with Gasteiger partial charge in [-0.15, -0.1) is 0 Å². The maximum Gasteiger partial charge on any atom is 0.416 e. The lowest BCUT2D eigenvalue weighted by Gasteiger charge is -2.22. The molecule has 30 heavy (non-hydrogen) atoms. The highest BCUT2D eigenvalue weighted by Crippen LogP contribution is 2.32. The van der Waals surface area contributed by atoms with E-state index in [-0.39, 0.29) is 24.6 Å². The van der Waals surface area contributed by atoms with Crippen LogP contribution in [0, 0.1) is 0 Å². The first kappa shape index (κ1) is 21.6. The van der Waals surface area contributed by atoms with Gasteiger partial charge in [-0.25, -0.2) is 4.98 Å². The van der Waals surface area contributed by atoms with Crippen LogP contribution in [0.15, 0.2) is 67.0 Å². The molecule has 3 rings (SSSR count). The number of benzene rings is 2. The van der Waals surface area contributed by atoms with Crippen molar-refractivity contribution in [1.29, 1.82) is 0 Å². The molecule has 0 aliphatic heterocycles. The summed E-state index contributed by atoms with van der Waals surface area (Å²) in [4.78, 5) is 18.6. The summed E-state index contributed by atoms with van der Waals surface area (Å²) < 4.78 is 41.4. The van der Waals surface area contributed by atoms with E-state index in [1.54, 1.807) is 30.4 Å². The van der Waals surface area contributed by atoms with Crippen molar-refractivity contribution in [1.82, 2.24) is 19.8 Å². The topological polar surface area (TPSA) is 50.2 Å². The number of aromatic nitrogens is 2. The third-order valence-electron chi connectivity index (χ3n) is 4.73. The maximum absolute atomic E-state index is 13.2. The molecule has 2 aromatic carbocycles. The molecule has 0 aliphatic rings. The third kappa shape index (κ3) is 5.27. The number of alkyl halides is 3. The van der Waals surface area contributed by atoms with Crippen LogP contribution < -0.4 is 5.32 Å². The number of nitrogens with zero attached hydrogens (tertiary/aromatic N) is 3. The van der Waals surface area contributed by atoms with Crippen molar-refractivity contribution < 1.29 is 18.0 Å². The summed E-state index contributed by atoms with van der Waals surface area (Å²) in [5.41, 5.74) is 0.307. The molecule has 1 amide bonds. The first-order valence-corrected chi connectivity index (χ1v) is 9.41. The number of hydrogen-bond donors (Lipinski definition) is 1. The summed E-state index contributed by atoms with van der Waals surface area (Å²) in [5, 5.41) is 2.95. The Morgan fingerprint density at radius 2 is 1.80 bits per heavy atom. The molecule has 0 bridgehead atoms. The SMILES string of the molecule is CN(CC(=O)NC(c1ccccc1)c1nccn1C)Cc1ccccc1C(F)(F)F. The Morgan fingerprint density at radius 1 is 1.13 bits per heavy atom. The average Bonchev–Trinajstić information content (AvgIpc) is 3.12. The molecular weight excluding hydrogens is 393 g/mol. The van der Waals surface area contributed by atoms with Crippen LogP contribution >= 0.6 is 0 Å². The van der Waals surface area contributed by atoms with Crippen molar-refractivity contribution in [2.75, 3.05) is 13.6 Å². The molecule has 1 heterocycles. The van der Waals surface area contributed by atoms with Crippen molar-refractivity contribution in [2.24, 2.45) is 7.05 Å². The second kappa shape index (κ2) is 9.13. The van der Waals surface area contributed by atoms with Gasteiger partial charge in [-0.2, -0.15) is 13.2 Å². The summed E-state index contributed by atoms with van der Waals surface area (Å²) >= 11 is 0. The van der Waals surface area contributed by atoms with E-state index >= 15 is 0 Å². The highest BCUT2D eigenvalue weighted by molar-refractivity contribution is 5.78. The molecule has 1 atom stereocenters. The lowest BCUT2D eigenvalue weighted by molar-refractivity contribution is -0.138. The Balaban J connectivity index is 1.71. The molecule has 0 fully saturated rings. The van der Waals surface area contributed by atoms with Gasteiger partial charge in [0.25, 0.3) is 0 Å². The number of nitrogens with one attached hydrogen (secondary N) is 1. The Hall–Kier alpha value is -3.13. The normalized spacial score (nSPS) is 12.7. The average molecular weight is 416 g/mol. The fourth-order valence-corrected chi connectivity index (χ4v) is 3.33. The Bertz CT molecular complexity index is 985. The first-order valence-electron chi connectivity index (χ1n) is 9.41. The lowest BCUT2D eigenvalue weighted by atomic mass is 10.1. The minimum Gasteiger partial charge on any atom is -0.341 e. The fraction of sp³-hybridized carbons (Fsp3) is 0.273. The molecular formula is C22H23F3N4O. The molecule has 3 aromatic rings. The number of imidazole rings is 1. The smallest absolute Gasteiger partial charge is 0.341 e. The highest BCUT2D eigenvalue weighted by atomic mass is 19.4. The second-order valence-corrected chi connectivity index (χ2v) is 7.13. The van der Waals surface area contributed by atoms with Gasteiger partial charge in [0.1, 0.15) is 11.9 Å². The van der Waals surface area contributed by atoms with Crippen molar-refractivity contribution in [3.63, 3.8) is 0 Å². The van der Waals surface area contributed by atoms with Crippen LogP contribution in [0.2, 0.25) is 0 Å². The minimum absolute atomic E-state index is 0.00150. The van der Waals surface area contributed by atoms with Crippen LogP contribution in [0.4, 0.5) is 13.2 Å². The van der Waals surface area contributed by atoms with Gasteiger partial charge in [0.2, 0.25) is 5.91 Å². The molecule has 1 aromatic heterocycles. The molecule has 5 nitrogen and oxygen atoms in total. The number of carbonyl (C=O) groups excluding carboxylic acids is 1. The van der Waals surface area contributed by atoms with Gasteiger partial charge < -0.3 is 9.88 Å². The Kier molecular flexibility index (Phi) is 6.56. The molecule has 0 aliphatic carbocycles. The van der Waals surface area contributed by atoms with Gasteiger partial charge in [0.05, 0.1) is 12.1 Å². The first-order chi connectivity index (χ1) is 14.3. The van der Waals surface area contributed by atoms with Crippen LogP contribution in [-0.4, -0.2) is 34.0 Å². The number of hydrogen-bond acceptors (Lipinski definition) is 3. The van der Waals surface area contributed by atoms with Gasteiger partial charge in [-0.3, -0.25) is 9.69 Å². The zero-order chi connectivity index (χ0) is 21.7. The summed E-state index contributed by atoms with van der Waals surface area (Å²) in [5.74, 6) is 0.360. The highest BCUT2D eigenvalue weighted by Gasteiger charge is 2.33. The number of aryl methyl sites for hydroxylation is 1. The molecule has 158 valence electrons. The van der Waals surface area contributed by atoms with Crippen LogP contribution in [0.5, 0.6) is 0 Å². The van der Waals surface area contributed by atoms with E-state index in [2.05, 4.69) is 10.3 Å². The summed E-state index contributed by atoms with van der Waals surface area (Å²) in [6.07, 6.45) is -0.994. The second-order valence-electron chi connectivity index (χ2n) is 7.13. The van der Waals surface area contributed by atoms with Gasteiger partial charge in [-0.05, 0) is 24.2 Å². The molecule has 1 N–H and O–H groups in total. The van der Waals surface area contributed by atoms with E-state index in [9.17, 15) is 18.0 Å². The number of likely N-dealkylation sites (N-methyl/N-ethyl adjacent to an activating group) is 1. The molecule has 0 radical (unpaired) electrons. The maximum atomic E-state index is 13.2. The summed E-state index contributed by atoms with van der Waals surface area (Å²) in [7, 11) is 3.45. The van der Waals surface area contributed by atoms with Gasteiger partial charge >= 0.3 is 6.18 Å². The Labute approximate surface area is 173 Å². The van der Waals surface area contributed by atoms with E-state index in [4.69, 9.17) is 0 Å². The minimum atomic E-state index is -4.43. The van der Waals surface area contributed by atoms with Crippen LogP contribution in [0.1, 0.15) is 28.6 Å². The standard InChI is InChI=1S/C22H23F3N4O/c1-28(14-17-10-6-7-11-18(17)22(23,24)25)15-19(30)27-20(16-8-4-3-5-9-16)21-26-12-13-29(21)2/h3-13,20H,14-15H2,1-2H3,(H,27,30). The van der Waals surface area contributed by atoms with E-state index in [0.717, 1.165) is 11.6 Å². The molecule has 1 unspecified atom stereocenters. The van der Waals surface area contributed by atoms with E-state index in [1.165, 1.54) is 12.1 Å². The molecule has 8 heteroatoms. The van der Waals surface area contributed by atoms with Crippen LogP contribution in [0.25, 0.3) is 0 Å².